The average molecular weight is 559 g/mol. The lowest BCUT2D eigenvalue weighted by Crippen LogP contribution is -2.27. The molecular weight excluding hydrogens is 544 g/mol. The van der Waals surface area contributed by atoms with E-state index in [1.54, 1.807) is 42.5 Å². The van der Waals surface area contributed by atoms with Crippen molar-refractivity contribution in [2.45, 2.75) is 6.54 Å². The summed E-state index contributed by atoms with van der Waals surface area (Å²) >= 11 is 2.90. The van der Waals surface area contributed by atoms with Crippen molar-refractivity contribution in [2.24, 2.45) is 0 Å². The third-order valence-electron chi connectivity index (χ3n) is 4.59. The van der Waals surface area contributed by atoms with Gasteiger partial charge in [-0.2, -0.15) is 0 Å². The number of halogens is 2. The van der Waals surface area contributed by atoms with Crippen LogP contribution < -0.4 is 4.74 Å². The summed E-state index contributed by atoms with van der Waals surface area (Å²) in [6, 6.07) is 19.5. The van der Waals surface area contributed by atoms with Gasteiger partial charge in [0.1, 0.15) is 11.6 Å². The Labute approximate surface area is 201 Å². The van der Waals surface area contributed by atoms with E-state index in [0.717, 1.165) is 20.2 Å². The first kappa shape index (κ1) is 22.2. The van der Waals surface area contributed by atoms with Crippen LogP contribution in [0, 0.1) is 9.39 Å². The fourth-order valence-corrected chi connectivity index (χ4v) is 4.46. The number of hydrogen-bond acceptors (Lipinski definition) is 5. The Morgan fingerprint density at radius 3 is 2.53 bits per heavy atom. The molecule has 0 atom stereocenters. The van der Waals surface area contributed by atoms with Crippen molar-refractivity contribution in [2.75, 3.05) is 0 Å². The quantitative estimate of drug-likeness (QED) is 0.169. The topological polar surface area (TPSA) is 63.7 Å². The predicted molar refractivity (Wildman–Crippen MR) is 128 cm³/mol. The number of esters is 1. The lowest BCUT2D eigenvalue weighted by atomic mass is 10.2. The number of rotatable bonds is 5. The van der Waals surface area contributed by atoms with Crippen LogP contribution >= 0.6 is 34.4 Å². The number of benzene rings is 3. The molecule has 0 spiro atoms. The summed E-state index contributed by atoms with van der Waals surface area (Å²) in [7, 11) is 0. The third kappa shape index (κ3) is 5.08. The zero-order chi connectivity index (χ0) is 22.7. The molecule has 4 rings (SSSR count). The number of amides is 2. The van der Waals surface area contributed by atoms with Crippen LogP contribution in [0.15, 0.2) is 77.7 Å². The van der Waals surface area contributed by atoms with Gasteiger partial charge in [-0.15, -0.1) is 0 Å². The van der Waals surface area contributed by atoms with Crippen molar-refractivity contribution in [1.29, 1.82) is 0 Å². The molecule has 0 bridgehead atoms. The van der Waals surface area contributed by atoms with Gasteiger partial charge in [-0.1, -0.05) is 36.4 Å². The summed E-state index contributed by atoms with van der Waals surface area (Å²) in [5.41, 5.74) is 1.73. The van der Waals surface area contributed by atoms with Gasteiger partial charge in [0.2, 0.25) is 0 Å². The van der Waals surface area contributed by atoms with Gasteiger partial charge in [-0.25, -0.2) is 9.18 Å². The third-order valence-corrected chi connectivity index (χ3v) is 6.44. The molecule has 0 radical (unpaired) electrons. The van der Waals surface area contributed by atoms with E-state index in [2.05, 4.69) is 22.6 Å². The molecule has 32 heavy (non-hydrogen) atoms. The van der Waals surface area contributed by atoms with E-state index in [-0.39, 0.29) is 17.3 Å². The van der Waals surface area contributed by atoms with Gasteiger partial charge >= 0.3 is 5.97 Å². The first-order valence-corrected chi connectivity index (χ1v) is 11.4. The second-order valence-electron chi connectivity index (χ2n) is 6.84. The smallest absolute Gasteiger partial charge is 0.344 e. The van der Waals surface area contributed by atoms with Gasteiger partial charge in [-0.05, 0) is 88.0 Å². The molecule has 1 saturated heterocycles. The average Bonchev–Trinajstić information content (AvgIpc) is 3.03. The van der Waals surface area contributed by atoms with Gasteiger partial charge in [0.15, 0.2) is 0 Å². The van der Waals surface area contributed by atoms with Crippen molar-refractivity contribution in [1.82, 2.24) is 4.90 Å². The highest BCUT2D eigenvalue weighted by atomic mass is 127. The monoisotopic (exact) mass is 559 g/mol. The number of nitrogens with zero attached hydrogens (tertiary/aromatic N) is 1. The van der Waals surface area contributed by atoms with Crippen LogP contribution in [-0.2, 0) is 11.3 Å². The van der Waals surface area contributed by atoms with E-state index in [1.807, 2.05) is 12.1 Å². The van der Waals surface area contributed by atoms with Crippen molar-refractivity contribution in [3.63, 3.8) is 0 Å². The standard InChI is InChI=1S/C24H15FINO4S/c25-17-10-8-15(9-11-17)14-27-22(28)21(32-24(27)30)13-16-4-3-5-18(12-16)31-23(29)19-6-1-2-7-20(19)26/h1-13H,14H2/b21-13-. The lowest BCUT2D eigenvalue weighted by molar-refractivity contribution is -0.123. The highest BCUT2D eigenvalue weighted by Crippen LogP contribution is 2.33. The van der Waals surface area contributed by atoms with E-state index in [1.165, 1.54) is 24.3 Å². The van der Waals surface area contributed by atoms with Crippen LogP contribution in [0.2, 0.25) is 0 Å². The summed E-state index contributed by atoms with van der Waals surface area (Å²) in [6.45, 7) is 0.0651. The minimum Gasteiger partial charge on any atom is -0.423 e. The molecular formula is C24H15FINO4S. The SMILES string of the molecule is O=C(Oc1cccc(/C=C2\SC(=O)N(Cc3ccc(F)cc3)C2=O)c1)c1ccccc1I. The summed E-state index contributed by atoms with van der Waals surface area (Å²) < 4.78 is 19.3. The molecule has 0 saturated carbocycles. The van der Waals surface area contributed by atoms with Crippen LogP contribution in [-0.4, -0.2) is 22.0 Å². The van der Waals surface area contributed by atoms with Crippen LogP contribution in [0.4, 0.5) is 9.18 Å². The summed E-state index contributed by atoms with van der Waals surface area (Å²) in [5.74, 6) is -0.961. The van der Waals surface area contributed by atoms with Crippen LogP contribution in [0.5, 0.6) is 5.75 Å². The summed E-state index contributed by atoms with van der Waals surface area (Å²) in [6.07, 6.45) is 1.58. The number of imide groups is 1. The zero-order valence-electron chi connectivity index (χ0n) is 16.5. The van der Waals surface area contributed by atoms with E-state index < -0.39 is 17.1 Å². The Morgan fingerprint density at radius 2 is 1.78 bits per heavy atom. The molecule has 0 unspecified atom stereocenters. The molecule has 1 fully saturated rings. The molecule has 0 aliphatic carbocycles. The molecule has 8 heteroatoms. The molecule has 3 aromatic carbocycles. The molecule has 5 nitrogen and oxygen atoms in total. The Morgan fingerprint density at radius 1 is 1.03 bits per heavy atom. The number of ether oxygens (including phenoxy) is 1. The molecule has 160 valence electrons. The Hall–Kier alpha value is -2.98. The molecule has 1 aliphatic rings. The Bertz CT molecular complexity index is 1240. The van der Waals surface area contributed by atoms with Crippen LogP contribution in [0.1, 0.15) is 21.5 Å². The van der Waals surface area contributed by atoms with E-state index in [9.17, 15) is 18.8 Å². The van der Waals surface area contributed by atoms with Gasteiger partial charge in [0, 0.05) is 3.57 Å². The van der Waals surface area contributed by atoms with Crippen molar-refractivity contribution >= 4 is 57.5 Å². The van der Waals surface area contributed by atoms with Crippen molar-refractivity contribution < 1.29 is 23.5 Å². The minimum atomic E-state index is -0.480. The first-order chi connectivity index (χ1) is 15.4. The summed E-state index contributed by atoms with van der Waals surface area (Å²) in [4.78, 5) is 38.9. The molecule has 3 aromatic rings. The largest absolute Gasteiger partial charge is 0.423 e. The predicted octanol–water partition coefficient (Wildman–Crippen LogP) is 5.89. The molecule has 0 N–H and O–H groups in total. The number of carbonyl (C=O) groups is 3. The second-order valence-corrected chi connectivity index (χ2v) is 8.99. The van der Waals surface area contributed by atoms with Gasteiger partial charge in [0.25, 0.3) is 11.1 Å². The molecule has 1 aliphatic heterocycles. The highest BCUT2D eigenvalue weighted by molar-refractivity contribution is 14.1. The molecule has 2 amide bonds. The van der Waals surface area contributed by atoms with E-state index in [0.29, 0.717) is 22.4 Å². The maximum Gasteiger partial charge on any atom is 0.344 e. The lowest BCUT2D eigenvalue weighted by Gasteiger charge is -2.12. The van der Waals surface area contributed by atoms with Gasteiger partial charge < -0.3 is 4.74 Å². The Kier molecular flexibility index (Phi) is 6.71. The number of carbonyl (C=O) groups excluding carboxylic acids is 3. The molecule has 1 heterocycles. The molecule has 0 aromatic heterocycles. The maximum atomic E-state index is 13.1. The zero-order valence-corrected chi connectivity index (χ0v) is 19.4. The van der Waals surface area contributed by atoms with Crippen molar-refractivity contribution in [3.8, 4) is 5.75 Å². The summed E-state index contributed by atoms with van der Waals surface area (Å²) in [5, 5.41) is -0.396. The highest BCUT2D eigenvalue weighted by Gasteiger charge is 2.35. The van der Waals surface area contributed by atoms with E-state index in [4.69, 9.17) is 4.74 Å². The van der Waals surface area contributed by atoms with Crippen LogP contribution in [0.3, 0.4) is 0 Å². The number of hydrogen-bond donors (Lipinski definition) is 0. The fourth-order valence-electron chi connectivity index (χ4n) is 3.02. The van der Waals surface area contributed by atoms with Crippen molar-refractivity contribution in [3.05, 3.63) is 104 Å². The number of thioether (sulfide) groups is 1. The fraction of sp³-hybridized carbons (Fsp3) is 0.0417. The Balaban J connectivity index is 1.49. The minimum absolute atomic E-state index is 0.0651. The van der Waals surface area contributed by atoms with Gasteiger partial charge in [-0.3, -0.25) is 14.5 Å². The van der Waals surface area contributed by atoms with Crippen LogP contribution in [0.25, 0.3) is 6.08 Å². The normalized spacial score (nSPS) is 14.8. The van der Waals surface area contributed by atoms with E-state index >= 15 is 0 Å². The maximum absolute atomic E-state index is 13.1. The second kappa shape index (κ2) is 9.66. The van der Waals surface area contributed by atoms with Gasteiger partial charge in [0.05, 0.1) is 17.0 Å². The first-order valence-electron chi connectivity index (χ1n) is 9.47.